The van der Waals surface area contributed by atoms with Gasteiger partial charge in [-0.25, -0.2) is 0 Å². The van der Waals surface area contributed by atoms with Crippen LogP contribution >= 0.6 is 23.2 Å². The van der Waals surface area contributed by atoms with E-state index in [9.17, 15) is 4.79 Å². The Morgan fingerprint density at radius 2 is 1.65 bits per heavy atom. The van der Waals surface area contributed by atoms with E-state index >= 15 is 0 Å². The second kappa shape index (κ2) is 4.97. The quantitative estimate of drug-likeness (QED) is 0.749. The molecule has 4 heteroatoms. The van der Waals surface area contributed by atoms with Crippen molar-refractivity contribution in [3.05, 3.63) is 75.9 Å². The summed E-state index contributed by atoms with van der Waals surface area (Å²) in [7, 11) is 0. The highest BCUT2D eigenvalue weighted by atomic mass is 35.5. The van der Waals surface area contributed by atoms with Gasteiger partial charge in [0.05, 0.1) is 17.9 Å². The van der Waals surface area contributed by atoms with Gasteiger partial charge in [-0.1, -0.05) is 48.0 Å². The van der Waals surface area contributed by atoms with Gasteiger partial charge in [-0.3, -0.25) is 4.79 Å². The van der Waals surface area contributed by atoms with Gasteiger partial charge in [0.1, 0.15) is 0 Å². The van der Waals surface area contributed by atoms with Crippen LogP contribution in [0.25, 0.3) is 0 Å². The van der Waals surface area contributed by atoms with Crippen molar-refractivity contribution in [1.82, 2.24) is 0 Å². The molecule has 1 aliphatic rings. The fraction of sp³-hybridized carbons (Fsp3) is 0.0625. The van der Waals surface area contributed by atoms with Gasteiger partial charge < -0.3 is 4.90 Å². The van der Waals surface area contributed by atoms with Crippen molar-refractivity contribution in [2.24, 2.45) is 0 Å². The number of carbonyl (C=O) groups is 1. The summed E-state index contributed by atoms with van der Waals surface area (Å²) in [6.45, 7) is 4.31. The van der Waals surface area contributed by atoms with E-state index in [1.165, 1.54) is 0 Å². The van der Waals surface area contributed by atoms with Gasteiger partial charge in [-0.15, -0.1) is 0 Å². The number of anilines is 1. The van der Waals surface area contributed by atoms with Gasteiger partial charge in [0.2, 0.25) is 5.78 Å². The van der Waals surface area contributed by atoms with E-state index < -0.39 is 0 Å². The first-order chi connectivity index (χ1) is 9.59. The summed E-state index contributed by atoms with van der Waals surface area (Å²) >= 11 is 12.4. The van der Waals surface area contributed by atoms with E-state index in [-0.39, 0.29) is 5.78 Å². The maximum absolute atomic E-state index is 12.2. The minimum absolute atomic E-state index is 0.0521. The molecule has 0 radical (unpaired) electrons. The number of carbonyl (C=O) groups excluding carboxylic acids is 1. The zero-order valence-electron chi connectivity index (χ0n) is 10.6. The molecule has 0 unspecified atom stereocenters. The molecule has 0 N–H and O–H groups in total. The van der Waals surface area contributed by atoms with Crippen LogP contribution in [0.4, 0.5) is 5.69 Å². The SMILES string of the molecule is C=C1C(=O)c2ccccc2N1Cc1c(Cl)cccc1Cl. The van der Waals surface area contributed by atoms with Gasteiger partial charge in [0.25, 0.3) is 0 Å². The molecule has 1 aliphatic heterocycles. The first kappa shape index (κ1) is 13.2. The van der Waals surface area contributed by atoms with Crippen molar-refractivity contribution in [3.8, 4) is 0 Å². The Morgan fingerprint density at radius 3 is 2.35 bits per heavy atom. The third-order valence-electron chi connectivity index (χ3n) is 3.41. The molecule has 0 spiro atoms. The minimum Gasteiger partial charge on any atom is -0.334 e. The number of benzene rings is 2. The number of Topliss-reactive ketones (excluding diaryl/α,β-unsaturated/α-hetero) is 1. The molecule has 0 aromatic heterocycles. The number of hydrogen-bond acceptors (Lipinski definition) is 2. The van der Waals surface area contributed by atoms with Gasteiger partial charge in [-0.2, -0.15) is 0 Å². The molecule has 0 atom stereocenters. The zero-order chi connectivity index (χ0) is 14.3. The first-order valence-corrected chi connectivity index (χ1v) is 6.88. The number of fused-ring (bicyclic) bond motifs is 1. The van der Waals surface area contributed by atoms with Crippen molar-refractivity contribution in [2.45, 2.75) is 6.54 Å². The van der Waals surface area contributed by atoms with Crippen LogP contribution in [0.2, 0.25) is 10.0 Å². The molecular weight excluding hydrogens is 293 g/mol. The summed E-state index contributed by atoms with van der Waals surface area (Å²) in [4.78, 5) is 14.0. The number of allylic oxidation sites excluding steroid dienone is 1. The first-order valence-electron chi connectivity index (χ1n) is 6.12. The normalized spacial score (nSPS) is 13.8. The molecule has 20 heavy (non-hydrogen) atoms. The molecule has 0 saturated heterocycles. The summed E-state index contributed by atoms with van der Waals surface area (Å²) < 4.78 is 0. The second-order valence-corrected chi connectivity index (χ2v) is 5.39. The van der Waals surface area contributed by atoms with Crippen LogP contribution in [0.1, 0.15) is 15.9 Å². The molecule has 0 fully saturated rings. The van der Waals surface area contributed by atoms with Gasteiger partial charge in [0, 0.05) is 21.2 Å². The predicted molar refractivity (Wildman–Crippen MR) is 82.6 cm³/mol. The van der Waals surface area contributed by atoms with Crippen LogP contribution in [0.3, 0.4) is 0 Å². The highest BCUT2D eigenvalue weighted by molar-refractivity contribution is 6.36. The Balaban J connectivity index is 2.04. The Morgan fingerprint density at radius 1 is 1.00 bits per heavy atom. The van der Waals surface area contributed by atoms with Crippen LogP contribution in [-0.2, 0) is 6.54 Å². The van der Waals surface area contributed by atoms with Crippen molar-refractivity contribution in [3.63, 3.8) is 0 Å². The number of para-hydroxylation sites is 1. The third kappa shape index (κ3) is 2.01. The Hall–Kier alpha value is -1.77. The molecule has 0 amide bonds. The van der Waals surface area contributed by atoms with Gasteiger partial charge in [0.15, 0.2) is 0 Å². The summed E-state index contributed by atoms with van der Waals surface area (Å²) in [6.07, 6.45) is 0. The van der Waals surface area contributed by atoms with Crippen LogP contribution in [0, 0.1) is 0 Å². The summed E-state index contributed by atoms with van der Waals surface area (Å²) in [5.74, 6) is -0.0521. The fourth-order valence-corrected chi connectivity index (χ4v) is 2.86. The van der Waals surface area contributed by atoms with E-state index in [2.05, 4.69) is 6.58 Å². The van der Waals surface area contributed by atoms with Crippen molar-refractivity contribution in [1.29, 1.82) is 0 Å². The van der Waals surface area contributed by atoms with E-state index in [4.69, 9.17) is 23.2 Å². The van der Waals surface area contributed by atoms with Crippen LogP contribution < -0.4 is 4.90 Å². The van der Waals surface area contributed by atoms with Crippen molar-refractivity contribution >= 4 is 34.7 Å². The summed E-state index contributed by atoms with van der Waals surface area (Å²) in [5.41, 5.74) is 2.75. The average Bonchev–Trinajstić information content (AvgIpc) is 2.68. The van der Waals surface area contributed by atoms with Crippen LogP contribution in [0.5, 0.6) is 0 Å². The lowest BCUT2D eigenvalue weighted by Gasteiger charge is -2.21. The maximum Gasteiger partial charge on any atom is 0.210 e. The van der Waals surface area contributed by atoms with E-state index in [0.29, 0.717) is 27.9 Å². The van der Waals surface area contributed by atoms with Crippen molar-refractivity contribution in [2.75, 3.05) is 4.90 Å². The van der Waals surface area contributed by atoms with Gasteiger partial charge in [-0.05, 0) is 24.3 Å². The fourth-order valence-electron chi connectivity index (χ4n) is 2.35. The monoisotopic (exact) mass is 303 g/mol. The predicted octanol–water partition coefficient (Wildman–Crippen LogP) is 4.71. The standard InChI is InChI=1S/C16H11Cl2NO/c1-10-16(20)11-5-2-3-8-15(11)19(10)9-12-13(17)6-4-7-14(12)18/h2-8H,1,9H2. The van der Waals surface area contributed by atoms with E-state index in [0.717, 1.165) is 11.3 Å². The number of rotatable bonds is 2. The molecule has 0 saturated carbocycles. The lowest BCUT2D eigenvalue weighted by molar-refractivity contribution is 0.103. The van der Waals surface area contributed by atoms with Crippen LogP contribution in [-0.4, -0.2) is 5.78 Å². The Bertz CT molecular complexity index is 704. The molecular formula is C16H11Cl2NO. The molecule has 0 bridgehead atoms. The molecule has 2 aromatic rings. The maximum atomic E-state index is 12.2. The minimum atomic E-state index is -0.0521. The van der Waals surface area contributed by atoms with Crippen molar-refractivity contribution < 1.29 is 4.79 Å². The Labute approximate surface area is 127 Å². The molecule has 2 nitrogen and oxygen atoms in total. The zero-order valence-corrected chi connectivity index (χ0v) is 12.1. The smallest absolute Gasteiger partial charge is 0.210 e. The third-order valence-corrected chi connectivity index (χ3v) is 4.11. The summed E-state index contributed by atoms with van der Waals surface area (Å²) in [6, 6.07) is 12.8. The van der Waals surface area contributed by atoms with Gasteiger partial charge >= 0.3 is 0 Å². The lowest BCUT2D eigenvalue weighted by Crippen LogP contribution is -2.19. The number of nitrogens with zero attached hydrogens (tertiary/aromatic N) is 1. The Kier molecular flexibility index (Phi) is 3.28. The molecule has 100 valence electrons. The van der Waals surface area contributed by atoms with Crippen LogP contribution in [0.15, 0.2) is 54.7 Å². The molecule has 3 rings (SSSR count). The topological polar surface area (TPSA) is 20.3 Å². The average molecular weight is 304 g/mol. The molecule has 1 heterocycles. The lowest BCUT2D eigenvalue weighted by atomic mass is 10.1. The number of ketones is 1. The summed E-state index contributed by atoms with van der Waals surface area (Å²) in [5, 5.41) is 1.17. The molecule has 0 aliphatic carbocycles. The number of halogens is 2. The highest BCUT2D eigenvalue weighted by Gasteiger charge is 2.30. The van der Waals surface area contributed by atoms with E-state index in [1.807, 2.05) is 23.1 Å². The second-order valence-electron chi connectivity index (χ2n) is 4.58. The molecule has 2 aromatic carbocycles. The van der Waals surface area contributed by atoms with E-state index in [1.54, 1.807) is 24.3 Å². The number of hydrogen-bond donors (Lipinski definition) is 0. The highest BCUT2D eigenvalue weighted by Crippen LogP contribution is 2.36. The largest absolute Gasteiger partial charge is 0.334 e.